The highest BCUT2D eigenvalue weighted by atomic mass is 35.5. The molecule has 13 heteroatoms. The van der Waals surface area contributed by atoms with Crippen molar-refractivity contribution in [3.05, 3.63) is 88.9 Å². The van der Waals surface area contributed by atoms with E-state index < -0.39 is 51.9 Å². The molecule has 0 bridgehead atoms. The molecule has 0 aromatic heterocycles. The van der Waals surface area contributed by atoms with E-state index in [1.54, 1.807) is 30.3 Å². The number of sulfonamides is 1. The fourth-order valence-corrected chi connectivity index (χ4v) is 5.77. The van der Waals surface area contributed by atoms with Crippen LogP contribution in [0.4, 0.5) is 18.9 Å². The monoisotopic (exact) mass is 625 g/mol. The van der Waals surface area contributed by atoms with Crippen LogP contribution in [-0.4, -0.2) is 51.4 Å². The lowest BCUT2D eigenvalue weighted by Crippen LogP contribution is -2.51. The number of hydrogen-bond acceptors (Lipinski definition) is 5. The number of hydrogen-bond donors (Lipinski definition) is 1. The summed E-state index contributed by atoms with van der Waals surface area (Å²) in [5, 5.41) is 2.40. The molecule has 3 rings (SSSR count). The van der Waals surface area contributed by atoms with E-state index in [9.17, 15) is 31.2 Å². The van der Waals surface area contributed by atoms with Crippen molar-refractivity contribution in [1.29, 1.82) is 0 Å². The topological polar surface area (TPSA) is 96.0 Å². The molecule has 0 radical (unpaired) electrons. The number of amides is 2. The first-order chi connectivity index (χ1) is 19.8. The quantitative estimate of drug-likeness (QED) is 0.287. The number of ether oxygens (including phenoxy) is 1. The molecule has 0 saturated heterocycles. The van der Waals surface area contributed by atoms with Gasteiger partial charge in [0.25, 0.3) is 10.0 Å². The molecule has 2 amide bonds. The minimum atomic E-state index is -4.81. The molecule has 0 saturated carbocycles. The van der Waals surface area contributed by atoms with Gasteiger partial charge in [0.05, 0.1) is 28.3 Å². The van der Waals surface area contributed by atoms with E-state index in [1.807, 2.05) is 6.92 Å². The molecule has 1 atom stereocenters. The predicted octanol–water partition coefficient (Wildman–Crippen LogP) is 5.51. The molecule has 3 aromatic carbocycles. The number of anilines is 1. The summed E-state index contributed by atoms with van der Waals surface area (Å²) in [5.41, 5.74) is -1.11. The van der Waals surface area contributed by atoms with Gasteiger partial charge in [0.15, 0.2) is 0 Å². The van der Waals surface area contributed by atoms with Crippen molar-refractivity contribution in [3.63, 3.8) is 0 Å². The zero-order valence-electron chi connectivity index (χ0n) is 23.2. The first-order valence-corrected chi connectivity index (χ1v) is 14.8. The van der Waals surface area contributed by atoms with Crippen LogP contribution in [0, 0.1) is 0 Å². The zero-order chi connectivity index (χ0) is 31.1. The Balaban J connectivity index is 2.12. The standard InChI is InChI=1S/C29H31ClF3N3O5S/c1-4-15-34-28(38)20(2)35(18-21-9-8-10-23(16-21)41-3)27(37)19-36(42(39,40)24-11-6-5-7-12-24)26-17-22(29(31,32)33)13-14-25(26)30/h5-14,16-17,20H,4,15,18-19H2,1-3H3,(H,34,38)/t20-/m1/s1. The Morgan fingerprint density at radius 2 is 1.71 bits per heavy atom. The van der Waals surface area contributed by atoms with Crippen LogP contribution in [0.1, 0.15) is 31.4 Å². The lowest BCUT2D eigenvalue weighted by molar-refractivity contribution is -0.139. The number of halogens is 4. The molecule has 1 N–H and O–H groups in total. The van der Waals surface area contributed by atoms with Crippen LogP contribution in [0.3, 0.4) is 0 Å². The van der Waals surface area contributed by atoms with Crippen molar-refractivity contribution in [2.24, 2.45) is 0 Å². The lowest BCUT2D eigenvalue weighted by atomic mass is 10.1. The summed E-state index contributed by atoms with van der Waals surface area (Å²) in [7, 11) is -3.13. The Hall–Kier alpha value is -3.77. The number of carbonyl (C=O) groups is 2. The van der Waals surface area contributed by atoms with E-state index in [4.69, 9.17) is 16.3 Å². The molecule has 0 aliphatic rings. The summed E-state index contributed by atoms with van der Waals surface area (Å²) in [4.78, 5) is 27.8. The van der Waals surface area contributed by atoms with Crippen molar-refractivity contribution >= 4 is 39.1 Å². The highest BCUT2D eigenvalue weighted by Crippen LogP contribution is 2.37. The van der Waals surface area contributed by atoms with Crippen LogP contribution < -0.4 is 14.4 Å². The fourth-order valence-electron chi connectivity index (χ4n) is 4.06. The van der Waals surface area contributed by atoms with Crippen LogP contribution in [0.15, 0.2) is 77.7 Å². The smallest absolute Gasteiger partial charge is 0.416 e. The number of nitrogens with zero attached hydrogens (tertiary/aromatic N) is 2. The largest absolute Gasteiger partial charge is 0.497 e. The lowest BCUT2D eigenvalue weighted by Gasteiger charge is -2.32. The van der Waals surface area contributed by atoms with Gasteiger partial charge < -0.3 is 15.0 Å². The Kier molecular flexibility index (Phi) is 10.9. The van der Waals surface area contributed by atoms with Crippen molar-refractivity contribution < 1.29 is 35.9 Å². The van der Waals surface area contributed by atoms with Crippen LogP contribution in [0.25, 0.3) is 0 Å². The second-order valence-electron chi connectivity index (χ2n) is 9.33. The summed E-state index contributed by atoms with van der Waals surface area (Å²) in [6, 6.07) is 14.8. The van der Waals surface area contributed by atoms with Crippen molar-refractivity contribution in [1.82, 2.24) is 10.2 Å². The fraction of sp³-hybridized carbons (Fsp3) is 0.310. The second kappa shape index (κ2) is 13.9. The number of nitrogens with one attached hydrogen (secondary N) is 1. The van der Waals surface area contributed by atoms with Crippen LogP contribution >= 0.6 is 11.6 Å². The van der Waals surface area contributed by atoms with Crippen molar-refractivity contribution in [2.45, 2.75) is 43.9 Å². The van der Waals surface area contributed by atoms with Crippen molar-refractivity contribution in [2.75, 3.05) is 24.5 Å². The van der Waals surface area contributed by atoms with Crippen LogP contribution in [0.2, 0.25) is 5.02 Å². The van der Waals surface area contributed by atoms with Gasteiger partial charge in [-0.25, -0.2) is 8.42 Å². The third-order valence-electron chi connectivity index (χ3n) is 6.36. The summed E-state index contributed by atoms with van der Waals surface area (Å²) >= 11 is 6.25. The molecule has 0 spiro atoms. The number of methoxy groups -OCH3 is 1. The molecule has 226 valence electrons. The van der Waals surface area contributed by atoms with E-state index in [0.717, 1.165) is 17.0 Å². The Labute approximate surface area is 248 Å². The van der Waals surface area contributed by atoms with Gasteiger partial charge in [0.1, 0.15) is 18.3 Å². The number of alkyl halides is 3. The van der Waals surface area contributed by atoms with E-state index in [1.165, 1.54) is 38.3 Å². The van der Waals surface area contributed by atoms with E-state index in [0.29, 0.717) is 34.7 Å². The van der Waals surface area contributed by atoms with Crippen LogP contribution in [-0.2, 0) is 32.3 Å². The molecular weight excluding hydrogens is 595 g/mol. The summed E-state index contributed by atoms with van der Waals surface area (Å²) < 4.78 is 74.3. The third-order valence-corrected chi connectivity index (χ3v) is 8.45. The van der Waals surface area contributed by atoms with Gasteiger partial charge in [-0.1, -0.05) is 48.9 Å². The third kappa shape index (κ3) is 7.95. The SMILES string of the molecule is CCCNC(=O)[C@@H](C)N(Cc1cccc(OC)c1)C(=O)CN(c1cc(C(F)(F)F)ccc1Cl)S(=O)(=O)c1ccccc1. The van der Waals surface area contributed by atoms with Gasteiger partial charge in [-0.05, 0) is 61.4 Å². The average molecular weight is 626 g/mol. The summed E-state index contributed by atoms with van der Waals surface area (Å²) in [5.74, 6) is -0.834. The molecule has 3 aromatic rings. The van der Waals surface area contributed by atoms with Gasteiger partial charge in [-0.2, -0.15) is 13.2 Å². The maximum atomic E-state index is 13.9. The highest BCUT2D eigenvalue weighted by molar-refractivity contribution is 7.92. The predicted molar refractivity (Wildman–Crippen MR) is 154 cm³/mol. The zero-order valence-corrected chi connectivity index (χ0v) is 24.8. The molecule has 8 nitrogen and oxygen atoms in total. The first-order valence-electron chi connectivity index (χ1n) is 12.9. The summed E-state index contributed by atoms with van der Waals surface area (Å²) in [6.07, 6.45) is -4.17. The van der Waals surface area contributed by atoms with Gasteiger partial charge in [0.2, 0.25) is 11.8 Å². The van der Waals surface area contributed by atoms with Crippen LogP contribution in [0.5, 0.6) is 5.75 Å². The van der Waals surface area contributed by atoms with Gasteiger partial charge in [-0.3, -0.25) is 13.9 Å². The molecule has 0 aliphatic heterocycles. The maximum Gasteiger partial charge on any atom is 0.416 e. The van der Waals surface area contributed by atoms with Gasteiger partial charge >= 0.3 is 6.18 Å². The minimum Gasteiger partial charge on any atom is -0.497 e. The molecule has 0 aliphatic carbocycles. The van der Waals surface area contributed by atoms with Crippen molar-refractivity contribution in [3.8, 4) is 5.75 Å². The average Bonchev–Trinajstić information content (AvgIpc) is 2.97. The Bertz CT molecular complexity index is 1500. The molecule has 42 heavy (non-hydrogen) atoms. The second-order valence-corrected chi connectivity index (χ2v) is 11.6. The van der Waals surface area contributed by atoms with E-state index in [-0.39, 0.29) is 16.5 Å². The van der Waals surface area contributed by atoms with E-state index in [2.05, 4.69) is 5.32 Å². The number of benzene rings is 3. The minimum absolute atomic E-state index is 0.119. The number of rotatable bonds is 12. The number of carbonyl (C=O) groups excluding carboxylic acids is 2. The first kappa shape index (κ1) is 32.7. The maximum absolute atomic E-state index is 13.9. The van der Waals surface area contributed by atoms with Gasteiger partial charge in [0, 0.05) is 13.1 Å². The van der Waals surface area contributed by atoms with E-state index >= 15 is 0 Å². The van der Waals surface area contributed by atoms with Gasteiger partial charge in [-0.15, -0.1) is 0 Å². The molecular formula is C29H31ClF3N3O5S. The Morgan fingerprint density at radius 1 is 1.02 bits per heavy atom. The Morgan fingerprint density at radius 3 is 2.33 bits per heavy atom. The molecule has 0 heterocycles. The molecule has 0 unspecified atom stereocenters. The normalized spacial score (nSPS) is 12.4. The molecule has 0 fully saturated rings. The summed E-state index contributed by atoms with van der Waals surface area (Å²) in [6.45, 7) is 2.63. The highest BCUT2D eigenvalue weighted by Gasteiger charge is 2.36.